The van der Waals surface area contributed by atoms with Crippen molar-refractivity contribution in [2.45, 2.75) is 25.0 Å². The highest BCUT2D eigenvalue weighted by molar-refractivity contribution is 7.89. The van der Waals surface area contributed by atoms with Gasteiger partial charge >= 0.3 is 12.6 Å². The Labute approximate surface area is 111 Å². The molecule has 118 valence electrons. The van der Waals surface area contributed by atoms with Crippen molar-refractivity contribution in [3.8, 4) is 0 Å². The lowest BCUT2D eigenvalue weighted by Gasteiger charge is -2.34. The van der Waals surface area contributed by atoms with Crippen molar-refractivity contribution in [1.82, 2.24) is 14.1 Å². The SMILES string of the molecule is CCN1C=CN(C)C1S(=O)(=O)N(C(F)(F)F)C(F)(F)F. The number of sulfonamides is 1. The third-order valence-electron chi connectivity index (χ3n) is 2.47. The maximum Gasteiger partial charge on any atom is 0.480 e. The summed E-state index contributed by atoms with van der Waals surface area (Å²) in [5.41, 5.74) is -2.10. The van der Waals surface area contributed by atoms with E-state index in [0.717, 1.165) is 29.2 Å². The van der Waals surface area contributed by atoms with Crippen molar-refractivity contribution in [2.24, 2.45) is 0 Å². The van der Waals surface area contributed by atoms with E-state index >= 15 is 0 Å². The molecule has 20 heavy (non-hydrogen) atoms. The van der Waals surface area contributed by atoms with Crippen molar-refractivity contribution in [1.29, 1.82) is 0 Å². The quantitative estimate of drug-likeness (QED) is 0.584. The van der Waals surface area contributed by atoms with Gasteiger partial charge in [-0.1, -0.05) is 0 Å². The highest BCUT2D eigenvalue weighted by Crippen LogP contribution is 2.39. The molecule has 0 fully saturated rings. The van der Waals surface area contributed by atoms with Crippen LogP contribution in [0.4, 0.5) is 26.3 Å². The van der Waals surface area contributed by atoms with Gasteiger partial charge in [0.05, 0.1) is 0 Å². The van der Waals surface area contributed by atoms with Crippen LogP contribution in [0.3, 0.4) is 0 Å². The van der Waals surface area contributed by atoms with Gasteiger partial charge < -0.3 is 9.80 Å². The molecule has 0 aromatic heterocycles. The first kappa shape index (κ1) is 16.9. The topological polar surface area (TPSA) is 43.9 Å². The van der Waals surface area contributed by atoms with Crippen molar-refractivity contribution in [3.63, 3.8) is 0 Å². The van der Waals surface area contributed by atoms with Crippen molar-refractivity contribution in [3.05, 3.63) is 12.4 Å². The molecule has 0 aromatic carbocycles. The summed E-state index contributed by atoms with van der Waals surface area (Å²) in [6.07, 6.45) is -10.0. The molecule has 0 N–H and O–H groups in total. The minimum atomic E-state index is -6.10. The summed E-state index contributed by atoms with van der Waals surface area (Å²) in [5, 5.41) is 0. The van der Waals surface area contributed by atoms with Gasteiger partial charge in [0.2, 0.25) is 5.50 Å². The lowest BCUT2D eigenvalue weighted by molar-refractivity contribution is -0.334. The lowest BCUT2D eigenvalue weighted by Crippen LogP contribution is -2.59. The molecule has 1 heterocycles. The summed E-state index contributed by atoms with van der Waals surface area (Å²) in [6.45, 7) is 1.33. The largest absolute Gasteiger partial charge is 0.480 e. The molecule has 0 saturated carbocycles. The third-order valence-corrected chi connectivity index (χ3v) is 4.53. The van der Waals surface area contributed by atoms with Crippen molar-refractivity contribution >= 4 is 10.0 Å². The molecule has 1 atom stereocenters. The van der Waals surface area contributed by atoms with Crippen LogP contribution in [0.25, 0.3) is 0 Å². The molecule has 0 aromatic rings. The zero-order valence-electron chi connectivity index (χ0n) is 10.3. The van der Waals surface area contributed by atoms with E-state index in [1.54, 1.807) is 0 Å². The normalized spacial score (nSPS) is 21.1. The van der Waals surface area contributed by atoms with E-state index in [0.29, 0.717) is 0 Å². The van der Waals surface area contributed by atoms with Gasteiger partial charge in [-0.15, -0.1) is 0 Å². The Morgan fingerprint density at radius 3 is 1.90 bits per heavy atom. The minimum absolute atomic E-state index is 0.0751. The molecule has 12 heteroatoms. The van der Waals surface area contributed by atoms with Gasteiger partial charge in [-0.2, -0.15) is 26.3 Å². The molecule has 0 amide bonds. The second kappa shape index (κ2) is 4.98. The molecule has 1 aliphatic heterocycles. The highest BCUT2D eigenvalue weighted by atomic mass is 32.2. The Morgan fingerprint density at radius 2 is 1.55 bits per heavy atom. The van der Waals surface area contributed by atoms with E-state index in [9.17, 15) is 34.8 Å². The van der Waals surface area contributed by atoms with Crippen LogP contribution in [-0.4, -0.2) is 54.2 Å². The Kier molecular flexibility index (Phi) is 4.21. The van der Waals surface area contributed by atoms with E-state index in [4.69, 9.17) is 0 Å². The maximum absolute atomic E-state index is 12.5. The first-order chi connectivity index (χ1) is 8.83. The van der Waals surface area contributed by atoms with Gasteiger partial charge in [0.1, 0.15) is 0 Å². The molecule has 1 unspecified atom stereocenters. The van der Waals surface area contributed by atoms with Gasteiger partial charge in [0.25, 0.3) is 10.0 Å². The highest BCUT2D eigenvalue weighted by Gasteiger charge is 2.64. The van der Waals surface area contributed by atoms with Crippen LogP contribution in [0.1, 0.15) is 6.92 Å². The van der Waals surface area contributed by atoms with Crippen molar-refractivity contribution in [2.75, 3.05) is 13.6 Å². The smallest absolute Gasteiger partial charge is 0.346 e. The van der Waals surface area contributed by atoms with Gasteiger partial charge in [-0.25, -0.2) is 8.42 Å². The Morgan fingerprint density at radius 1 is 1.10 bits per heavy atom. The maximum atomic E-state index is 12.5. The fourth-order valence-electron chi connectivity index (χ4n) is 1.74. The van der Waals surface area contributed by atoms with Crippen LogP contribution in [0.15, 0.2) is 12.4 Å². The first-order valence-corrected chi connectivity index (χ1v) is 6.67. The van der Waals surface area contributed by atoms with Gasteiger partial charge in [0.15, 0.2) is 0 Å². The van der Waals surface area contributed by atoms with Crippen molar-refractivity contribution < 1.29 is 34.8 Å². The van der Waals surface area contributed by atoms with E-state index in [-0.39, 0.29) is 6.54 Å². The predicted octanol–water partition coefficient (Wildman–Crippen LogP) is 1.68. The molecule has 0 bridgehead atoms. The number of halogens is 6. The fraction of sp³-hybridized carbons (Fsp3) is 0.750. The van der Waals surface area contributed by atoms with Crippen LogP contribution in [0, 0.1) is 0 Å². The lowest BCUT2D eigenvalue weighted by atomic mass is 10.6. The van der Waals surface area contributed by atoms with Crippen LogP contribution in [0.5, 0.6) is 0 Å². The molecule has 1 rings (SSSR count). The zero-order chi connectivity index (χ0) is 15.9. The number of hydrogen-bond acceptors (Lipinski definition) is 4. The molecule has 0 saturated heterocycles. The average molecular weight is 327 g/mol. The number of hydrogen-bond donors (Lipinski definition) is 0. The summed E-state index contributed by atoms with van der Waals surface area (Å²) < 4.78 is 96.1. The molecule has 0 radical (unpaired) electrons. The minimum Gasteiger partial charge on any atom is -0.346 e. The predicted molar refractivity (Wildman–Crippen MR) is 55.9 cm³/mol. The van der Waals surface area contributed by atoms with E-state index < -0.39 is 32.4 Å². The van der Waals surface area contributed by atoms with Crippen LogP contribution < -0.4 is 0 Å². The summed E-state index contributed by atoms with van der Waals surface area (Å²) >= 11 is 0. The number of rotatable bonds is 3. The average Bonchev–Trinajstić information content (AvgIpc) is 2.54. The Hall–Kier alpha value is -1.17. The summed E-state index contributed by atoms with van der Waals surface area (Å²) in [5.74, 6) is 0. The fourth-order valence-corrected chi connectivity index (χ4v) is 3.56. The van der Waals surface area contributed by atoms with Gasteiger partial charge in [-0.05, 0) is 11.2 Å². The summed E-state index contributed by atoms with van der Waals surface area (Å²) in [6, 6.07) is 0. The Bertz CT molecular complexity index is 471. The Balaban J connectivity index is 3.32. The molecule has 5 nitrogen and oxygen atoms in total. The van der Waals surface area contributed by atoms with E-state index in [1.165, 1.54) is 6.92 Å². The van der Waals surface area contributed by atoms with Gasteiger partial charge in [-0.3, -0.25) is 0 Å². The molecular formula is C8H11F6N3O2S. The van der Waals surface area contributed by atoms with E-state index in [2.05, 4.69) is 0 Å². The summed E-state index contributed by atoms with van der Waals surface area (Å²) in [7, 11) is -4.69. The second-order valence-electron chi connectivity index (χ2n) is 3.87. The monoisotopic (exact) mass is 327 g/mol. The number of alkyl halides is 6. The van der Waals surface area contributed by atoms with E-state index in [1.807, 2.05) is 0 Å². The third kappa shape index (κ3) is 2.95. The molecule has 0 aliphatic carbocycles. The standard InChI is InChI=1S/C8H11F6N3O2S/c1-3-16-5-4-15(2)6(16)20(18,19)17(7(9,10)11)8(12,13)14/h4-6H,3H2,1-2H3. The second-order valence-corrected chi connectivity index (χ2v) is 5.68. The summed E-state index contributed by atoms with van der Waals surface area (Å²) in [4.78, 5) is 1.60. The van der Waals surface area contributed by atoms with Gasteiger partial charge in [0, 0.05) is 26.0 Å². The van der Waals surface area contributed by atoms with Crippen LogP contribution >= 0.6 is 0 Å². The molecule has 0 spiro atoms. The van der Waals surface area contributed by atoms with Crippen LogP contribution in [-0.2, 0) is 10.0 Å². The molecule has 1 aliphatic rings. The first-order valence-electron chi connectivity index (χ1n) is 5.17. The number of nitrogens with zero attached hydrogens (tertiary/aromatic N) is 3. The zero-order valence-corrected chi connectivity index (χ0v) is 11.1. The molecular weight excluding hydrogens is 316 g/mol. The van der Waals surface area contributed by atoms with Crippen LogP contribution in [0.2, 0.25) is 0 Å².